The number of ether oxygens (including phenoxy) is 1. The van der Waals surface area contributed by atoms with Gasteiger partial charge in [-0.25, -0.2) is 13.2 Å². The molecule has 250 valence electrons. The SMILES string of the molecule is CCOc1cc(Cl)c(S(C)(=O)=O)cc1C1=N[C@@](C)(c2ccc(Cl)cc2)[C@@](C)(c2ccc(Cl)cc2)N1C(=O)N1CCN(CC(N)=O)CC1. The second kappa shape index (κ2) is 13.3. The molecule has 10 nitrogen and oxygen atoms in total. The Morgan fingerprint density at radius 1 is 0.915 bits per heavy atom. The maximum atomic E-state index is 15.0. The molecular weight excluding hydrogens is 685 g/mol. The molecule has 0 bridgehead atoms. The Balaban J connectivity index is 1.79. The number of hydrogen-bond donors (Lipinski definition) is 1. The van der Waals surface area contributed by atoms with Crippen LogP contribution in [0, 0.1) is 0 Å². The number of urea groups is 1. The Morgan fingerprint density at radius 2 is 1.47 bits per heavy atom. The average molecular weight is 721 g/mol. The van der Waals surface area contributed by atoms with Crippen molar-refractivity contribution in [3.63, 3.8) is 0 Å². The summed E-state index contributed by atoms with van der Waals surface area (Å²) in [7, 11) is -3.79. The summed E-state index contributed by atoms with van der Waals surface area (Å²) in [5.74, 6) is 0.0293. The van der Waals surface area contributed by atoms with Gasteiger partial charge in [-0.15, -0.1) is 0 Å². The van der Waals surface area contributed by atoms with Gasteiger partial charge in [0.05, 0.1) is 28.6 Å². The normalized spacial score (nSPS) is 21.9. The highest BCUT2D eigenvalue weighted by Gasteiger charge is 2.60. The Kier molecular flexibility index (Phi) is 9.88. The third-order valence-corrected chi connectivity index (χ3v) is 11.0. The minimum absolute atomic E-state index is 0.0114. The van der Waals surface area contributed by atoms with E-state index in [1.165, 1.54) is 12.1 Å². The minimum Gasteiger partial charge on any atom is -0.493 e. The fraction of sp³-hybridized carbons (Fsp3) is 0.364. The number of piperazine rings is 1. The number of aliphatic imine (C=N–C) groups is 1. The van der Waals surface area contributed by atoms with E-state index >= 15 is 0 Å². The Morgan fingerprint density at radius 3 is 1.98 bits per heavy atom. The lowest BCUT2D eigenvalue weighted by Crippen LogP contribution is -2.61. The van der Waals surface area contributed by atoms with E-state index in [2.05, 4.69) is 0 Å². The number of rotatable bonds is 8. The Hall–Kier alpha value is -3.35. The molecule has 0 unspecified atom stereocenters. The summed E-state index contributed by atoms with van der Waals surface area (Å²) < 4.78 is 31.8. The van der Waals surface area contributed by atoms with Crippen LogP contribution < -0.4 is 10.5 Å². The van der Waals surface area contributed by atoms with Gasteiger partial charge in [-0.3, -0.25) is 19.6 Å². The fourth-order valence-corrected chi connectivity index (χ4v) is 7.87. The number of sulfone groups is 1. The predicted octanol–water partition coefficient (Wildman–Crippen LogP) is 5.56. The van der Waals surface area contributed by atoms with Crippen molar-refractivity contribution in [2.75, 3.05) is 45.6 Å². The summed E-state index contributed by atoms with van der Waals surface area (Å²) in [5, 5.41) is 1.04. The first-order valence-electron chi connectivity index (χ1n) is 15.0. The first-order chi connectivity index (χ1) is 22.1. The van der Waals surface area contributed by atoms with Gasteiger partial charge in [0.15, 0.2) is 9.84 Å². The Labute approximate surface area is 289 Å². The van der Waals surface area contributed by atoms with Crippen LogP contribution in [0.3, 0.4) is 0 Å². The van der Waals surface area contributed by atoms with Crippen molar-refractivity contribution in [3.8, 4) is 5.75 Å². The molecule has 2 aliphatic rings. The van der Waals surface area contributed by atoms with Gasteiger partial charge < -0.3 is 15.4 Å². The molecule has 0 saturated carbocycles. The highest BCUT2D eigenvalue weighted by molar-refractivity contribution is 7.90. The number of nitrogens with zero attached hydrogens (tertiary/aromatic N) is 4. The minimum atomic E-state index is -3.79. The fourth-order valence-electron chi connectivity index (χ4n) is 6.30. The number of amides is 3. The van der Waals surface area contributed by atoms with Crippen molar-refractivity contribution in [3.05, 3.63) is 92.4 Å². The van der Waals surface area contributed by atoms with Gasteiger partial charge >= 0.3 is 6.03 Å². The van der Waals surface area contributed by atoms with Crippen LogP contribution in [-0.2, 0) is 25.7 Å². The molecule has 0 aliphatic carbocycles. The molecule has 2 N–H and O–H groups in total. The van der Waals surface area contributed by atoms with E-state index in [9.17, 15) is 18.0 Å². The molecule has 3 aromatic rings. The summed E-state index contributed by atoms with van der Waals surface area (Å²) in [6.45, 7) is 7.49. The zero-order valence-corrected chi connectivity index (χ0v) is 29.6. The van der Waals surface area contributed by atoms with Crippen LogP contribution in [0.15, 0.2) is 70.6 Å². The molecule has 1 fully saturated rings. The largest absolute Gasteiger partial charge is 0.493 e. The number of carbonyl (C=O) groups is 2. The average Bonchev–Trinajstić information content (AvgIpc) is 3.25. The van der Waals surface area contributed by atoms with Gasteiger partial charge in [0.2, 0.25) is 5.91 Å². The number of amidine groups is 1. The van der Waals surface area contributed by atoms with Crippen LogP contribution >= 0.6 is 34.8 Å². The second-order valence-corrected chi connectivity index (χ2v) is 15.2. The van der Waals surface area contributed by atoms with E-state index in [1.54, 1.807) is 41.0 Å². The molecule has 47 heavy (non-hydrogen) atoms. The van der Waals surface area contributed by atoms with Crippen LogP contribution in [0.5, 0.6) is 5.75 Å². The number of halogens is 3. The number of nitrogens with two attached hydrogens (primary N) is 1. The van der Waals surface area contributed by atoms with E-state index < -0.39 is 26.8 Å². The molecule has 3 aromatic carbocycles. The second-order valence-electron chi connectivity index (χ2n) is 11.9. The number of primary amides is 1. The van der Waals surface area contributed by atoms with E-state index in [0.29, 0.717) is 36.2 Å². The van der Waals surface area contributed by atoms with Crippen molar-refractivity contribution in [1.29, 1.82) is 0 Å². The van der Waals surface area contributed by atoms with Gasteiger partial charge in [-0.05, 0) is 62.2 Å². The first-order valence-corrected chi connectivity index (χ1v) is 18.0. The standard InChI is InChI=1S/C33H36Cl3N5O5S/c1-5-46-27-19-26(36)28(47(4,44)45)18-25(27)30-38-32(2,21-6-10-23(34)11-7-21)33(3,22-8-12-24(35)13-9-22)41(30)31(43)40-16-14-39(15-17-40)20-29(37)42/h6-13,18-19H,5,14-17,20H2,1-4H3,(H2,37,42)/t32-,33+/m0/s1. The molecule has 0 aromatic heterocycles. The number of benzene rings is 3. The van der Waals surface area contributed by atoms with Gasteiger partial charge in [0, 0.05) is 48.5 Å². The molecule has 0 radical (unpaired) electrons. The number of carbonyl (C=O) groups excluding carboxylic acids is 2. The van der Waals surface area contributed by atoms with E-state index in [-0.39, 0.29) is 46.2 Å². The molecule has 2 atom stereocenters. The van der Waals surface area contributed by atoms with E-state index in [1.807, 2.05) is 43.0 Å². The molecule has 1 saturated heterocycles. The van der Waals surface area contributed by atoms with Gasteiger partial charge in [-0.2, -0.15) is 0 Å². The van der Waals surface area contributed by atoms with Crippen LogP contribution in [0.4, 0.5) is 4.79 Å². The molecule has 2 heterocycles. The first kappa shape index (κ1) is 35.0. The zero-order valence-electron chi connectivity index (χ0n) is 26.5. The smallest absolute Gasteiger partial charge is 0.326 e. The summed E-state index contributed by atoms with van der Waals surface area (Å²) in [6.07, 6.45) is 1.07. The van der Waals surface area contributed by atoms with Crippen molar-refractivity contribution in [1.82, 2.24) is 14.7 Å². The summed E-state index contributed by atoms with van der Waals surface area (Å²) >= 11 is 19.1. The van der Waals surface area contributed by atoms with Crippen molar-refractivity contribution in [2.45, 2.75) is 36.7 Å². The van der Waals surface area contributed by atoms with Gasteiger partial charge in [0.1, 0.15) is 22.7 Å². The molecule has 5 rings (SSSR count). The lowest BCUT2D eigenvalue weighted by molar-refractivity contribution is -0.119. The van der Waals surface area contributed by atoms with E-state index in [0.717, 1.165) is 17.4 Å². The maximum Gasteiger partial charge on any atom is 0.326 e. The number of hydrogen-bond acceptors (Lipinski definition) is 7. The topological polar surface area (TPSA) is 126 Å². The van der Waals surface area contributed by atoms with E-state index in [4.69, 9.17) is 50.3 Å². The van der Waals surface area contributed by atoms with Crippen LogP contribution in [-0.4, -0.2) is 86.5 Å². The lowest BCUT2D eigenvalue weighted by atomic mass is 9.71. The highest BCUT2D eigenvalue weighted by atomic mass is 35.5. The highest BCUT2D eigenvalue weighted by Crippen LogP contribution is 2.54. The molecule has 0 spiro atoms. The zero-order chi connectivity index (χ0) is 34.3. The van der Waals surface area contributed by atoms with Crippen molar-refractivity contribution < 1.29 is 22.7 Å². The van der Waals surface area contributed by atoms with Gasteiger partial charge in [0.25, 0.3) is 0 Å². The van der Waals surface area contributed by atoms with Crippen molar-refractivity contribution in [2.24, 2.45) is 10.7 Å². The summed E-state index contributed by atoms with van der Waals surface area (Å²) in [5.41, 5.74) is 4.87. The monoisotopic (exact) mass is 719 g/mol. The quantitative estimate of drug-likeness (QED) is 0.325. The molecule has 14 heteroatoms. The van der Waals surface area contributed by atoms with Crippen molar-refractivity contribution >= 4 is 62.4 Å². The van der Waals surface area contributed by atoms with Crippen LogP contribution in [0.1, 0.15) is 37.5 Å². The molecule has 3 amide bonds. The summed E-state index contributed by atoms with van der Waals surface area (Å²) in [4.78, 5) is 37.0. The third kappa shape index (κ3) is 6.56. The molecule has 2 aliphatic heterocycles. The molecular formula is C33H36Cl3N5O5S. The van der Waals surface area contributed by atoms with Crippen LogP contribution in [0.25, 0.3) is 0 Å². The lowest BCUT2D eigenvalue weighted by Gasteiger charge is -2.47. The maximum absolute atomic E-state index is 15.0. The predicted molar refractivity (Wildman–Crippen MR) is 184 cm³/mol. The Bertz CT molecular complexity index is 1830. The third-order valence-electron chi connectivity index (χ3n) is 8.94. The van der Waals surface area contributed by atoms with Crippen LogP contribution in [0.2, 0.25) is 15.1 Å². The summed E-state index contributed by atoms with van der Waals surface area (Å²) in [6, 6.07) is 17.0. The van der Waals surface area contributed by atoms with Gasteiger partial charge in [-0.1, -0.05) is 59.1 Å².